The molecule has 3 aromatic heterocycles. The lowest BCUT2D eigenvalue weighted by molar-refractivity contribution is 0.0950. The number of hydrogen-bond acceptors (Lipinski definition) is 4. The lowest BCUT2D eigenvalue weighted by Gasteiger charge is -2.05. The molecule has 7 heteroatoms. The van der Waals surface area contributed by atoms with Crippen molar-refractivity contribution < 1.29 is 4.79 Å². The predicted molar refractivity (Wildman–Crippen MR) is 123 cm³/mol. The Balaban J connectivity index is 1.48. The van der Waals surface area contributed by atoms with Crippen molar-refractivity contribution in [2.24, 2.45) is 0 Å². The van der Waals surface area contributed by atoms with Gasteiger partial charge in [0, 0.05) is 18.0 Å². The van der Waals surface area contributed by atoms with Crippen molar-refractivity contribution in [1.82, 2.24) is 29.7 Å². The Morgan fingerprint density at radius 2 is 1.72 bits per heavy atom. The van der Waals surface area contributed by atoms with Crippen LogP contribution < -0.4 is 5.32 Å². The summed E-state index contributed by atoms with van der Waals surface area (Å²) in [5.41, 5.74) is 4.91. The summed E-state index contributed by atoms with van der Waals surface area (Å²) < 4.78 is 3.60. The van der Waals surface area contributed by atoms with Crippen LogP contribution in [0.5, 0.6) is 0 Å². The van der Waals surface area contributed by atoms with E-state index < -0.39 is 0 Å². The van der Waals surface area contributed by atoms with Crippen molar-refractivity contribution in [3.63, 3.8) is 0 Å². The number of carbonyl (C=O) groups is 1. The van der Waals surface area contributed by atoms with Gasteiger partial charge in [-0.3, -0.25) is 9.20 Å². The van der Waals surface area contributed by atoms with E-state index in [4.69, 9.17) is 5.10 Å². The maximum atomic E-state index is 13.2. The standard InChI is InChI=1S/C25H22N6O/c1-2-18-11-13-19(14-12-18)24-21(17-31(29-24)20-8-4-3-5-9-20)25(32)26-16-23-28-27-22-10-6-7-15-30(22)23/h3-15,17H,2,16H2,1H3,(H,26,32). The summed E-state index contributed by atoms with van der Waals surface area (Å²) in [6.45, 7) is 2.38. The number of pyridine rings is 1. The first-order valence-corrected chi connectivity index (χ1v) is 10.5. The van der Waals surface area contributed by atoms with Crippen molar-refractivity contribution >= 4 is 11.6 Å². The number of amides is 1. The monoisotopic (exact) mass is 422 g/mol. The fraction of sp³-hybridized carbons (Fsp3) is 0.120. The van der Waals surface area contributed by atoms with Crippen LogP contribution in [0.3, 0.4) is 0 Å². The van der Waals surface area contributed by atoms with Gasteiger partial charge in [-0.2, -0.15) is 5.10 Å². The smallest absolute Gasteiger partial charge is 0.255 e. The van der Waals surface area contributed by atoms with E-state index in [9.17, 15) is 4.79 Å². The Morgan fingerprint density at radius 1 is 0.938 bits per heavy atom. The van der Waals surface area contributed by atoms with Gasteiger partial charge >= 0.3 is 0 Å². The largest absolute Gasteiger partial charge is 0.345 e. The second-order valence-electron chi connectivity index (χ2n) is 7.45. The molecule has 0 bridgehead atoms. The molecule has 5 rings (SSSR count). The number of rotatable bonds is 6. The van der Waals surface area contributed by atoms with Crippen LogP contribution in [-0.4, -0.2) is 30.3 Å². The fourth-order valence-corrected chi connectivity index (χ4v) is 3.63. The normalized spacial score (nSPS) is 11.0. The first-order valence-electron chi connectivity index (χ1n) is 10.5. The molecule has 0 unspecified atom stereocenters. The number of nitrogens with zero attached hydrogens (tertiary/aromatic N) is 5. The van der Waals surface area contributed by atoms with Gasteiger partial charge in [0.1, 0.15) is 5.69 Å². The summed E-state index contributed by atoms with van der Waals surface area (Å²) >= 11 is 0. The van der Waals surface area contributed by atoms with Gasteiger partial charge in [-0.1, -0.05) is 55.5 Å². The number of carbonyl (C=O) groups excluding carboxylic acids is 1. The first-order chi connectivity index (χ1) is 15.7. The van der Waals surface area contributed by atoms with Crippen molar-refractivity contribution in [3.05, 3.63) is 102 Å². The number of hydrogen-bond donors (Lipinski definition) is 1. The van der Waals surface area contributed by atoms with E-state index >= 15 is 0 Å². The SMILES string of the molecule is CCc1ccc(-c2nn(-c3ccccc3)cc2C(=O)NCc2nnc3ccccn23)cc1. The molecule has 2 aromatic carbocycles. The van der Waals surface area contributed by atoms with Crippen LogP contribution in [0.25, 0.3) is 22.6 Å². The van der Waals surface area contributed by atoms with Gasteiger partial charge in [0.2, 0.25) is 0 Å². The molecule has 7 nitrogen and oxygen atoms in total. The summed E-state index contributed by atoms with van der Waals surface area (Å²) in [6.07, 6.45) is 4.61. The molecule has 1 N–H and O–H groups in total. The van der Waals surface area contributed by atoms with Crippen molar-refractivity contribution in [1.29, 1.82) is 0 Å². The van der Waals surface area contributed by atoms with Crippen LogP contribution in [0.2, 0.25) is 0 Å². The minimum Gasteiger partial charge on any atom is -0.345 e. The maximum absolute atomic E-state index is 13.2. The molecule has 1 amide bonds. The second kappa shape index (κ2) is 8.47. The highest BCUT2D eigenvalue weighted by Crippen LogP contribution is 2.24. The quantitative estimate of drug-likeness (QED) is 0.447. The van der Waals surface area contributed by atoms with Crippen LogP contribution in [0.15, 0.2) is 85.2 Å². The maximum Gasteiger partial charge on any atom is 0.255 e. The van der Waals surface area contributed by atoms with Gasteiger partial charge in [-0.15, -0.1) is 10.2 Å². The van der Waals surface area contributed by atoms with E-state index in [1.807, 2.05) is 71.3 Å². The van der Waals surface area contributed by atoms with Crippen molar-refractivity contribution in [2.45, 2.75) is 19.9 Å². The zero-order valence-electron chi connectivity index (χ0n) is 17.6. The van der Waals surface area contributed by atoms with Gasteiger partial charge in [0.05, 0.1) is 17.8 Å². The van der Waals surface area contributed by atoms with Crippen LogP contribution in [0.4, 0.5) is 0 Å². The number of aryl methyl sites for hydroxylation is 1. The number of aromatic nitrogens is 5. The molecular weight excluding hydrogens is 400 g/mol. The molecule has 0 saturated carbocycles. The Labute approximate surface area is 185 Å². The van der Waals surface area contributed by atoms with Gasteiger partial charge in [-0.05, 0) is 36.2 Å². The highest BCUT2D eigenvalue weighted by Gasteiger charge is 2.19. The minimum absolute atomic E-state index is 0.213. The molecule has 0 atom stereocenters. The summed E-state index contributed by atoms with van der Waals surface area (Å²) in [4.78, 5) is 13.2. The highest BCUT2D eigenvalue weighted by atomic mass is 16.1. The van der Waals surface area contributed by atoms with E-state index in [0.717, 1.165) is 23.3 Å². The molecule has 0 spiro atoms. The zero-order valence-corrected chi connectivity index (χ0v) is 17.6. The van der Waals surface area contributed by atoms with Crippen LogP contribution >= 0.6 is 0 Å². The first kappa shape index (κ1) is 19.7. The molecule has 158 valence electrons. The number of fused-ring (bicyclic) bond motifs is 1. The average molecular weight is 422 g/mol. The molecule has 0 aliphatic rings. The summed E-state index contributed by atoms with van der Waals surface area (Å²) in [7, 11) is 0. The summed E-state index contributed by atoms with van der Waals surface area (Å²) in [5, 5.41) is 16.1. The predicted octanol–water partition coefficient (Wildman–Crippen LogP) is 4.07. The molecule has 0 fully saturated rings. The summed E-state index contributed by atoms with van der Waals surface area (Å²) in [5.74, 6) is 0.452. The average Bonchev–Trinajstić information content (AvgIpc) is 3.48. The Bertz CT molecular complexity index is 1370. The van der Waals surface area contributed by atoms with E-state index in [-0.39, 0.29) is 12.5 Å². The van der Waals surface area contributed by atoms with Gasteiger partial charge in [0.25, 0.3) is 5.91 Å². The van der Waals surface area contributed by atoms with E-state index in [2.05, 4.69) is 34.6 Å². The Kier molecular flexibility index (Phi) is 5.21. The highest BCUT2D eigenvalue weighted by molar-refractivity contribution is 5.99. The minimum atomic E-state index is -0.213. The number of nitrogens with one attached hydrogen (secondary N) is 1. The molecule has 0 aliphatic carbocycles. The van der Waals surface area contributed by atoms with Gasteiger partial charge in [-0.25, -0.2) is 4.68 Å². The van der Waals surface area contributed by atoms with Gasteiger partial charge in [0.15, 0.2) is 11.5 Å². The molecule has 0 aliphatic heterocycles. The number of para-hydroxylation sites is 1. The van der Waals surface area contributed by atoms with Crippen LogP contribution in [-0.2, 0) is 13.0 Å². The molecule has 0 saturated heterocycles. The van der Waals surface area contributed by atoms with E-state index in [0.29, 0.717) is 17.1 Å². The number of benzene rings is 2. The Hall–Kier alpha value is -4.26. The third kappa shape index (κ3) is 3.76. The van der Waals surface area contributed by atoms with Gasteiger partial charge < -0.3 is 5.32 Å². The van der Waals surface area contributed by atoms with Crippen LogP contribution in [0.1, 0.15) is 28.7 Å². The molecule has 0 radical (unpaired) electrons. The second-order valence-corrected chi connectivity index (χ2v) is 7.45. The van der Waals surface area contributed by atoms with E-state index in [1.54, 1.807) is 10.9 Å². The molecule has 32 heavy (non-hydrogen) atoms. The fourth-order valence-electron chi connectivity index (χ4n) is 3.63. The molecular formula is C25H22N6O. The Morgan fingerprint density at radius 3 is 2.50 bits per heavy atom. The topological polar surface area (TPSA) is 77.1 Å². The lowest BCUT2D eigenvalue weighted by Crippen LogP contribution is -2.24. The lowest BCUT2D eigenvalue weighted by atomic mass is 10.0. The van der Waals surface area contributed by atoms with E-state index in [1.165, 1.54) is 5.56 Å². The zero-order chi connectivity index (χ0) is 21.9. The van der Waals surface area contributed by atoms with Crippen LogP contribution in [0, 0.1) is 0 Å². The summed E-state index contributed by atoms with van der Waals surface area (Å²) in [6, 6.07) is 23.6. The van der Waals surface area contributed by atoms with Crippen molar-refractivity contribution in [3.8, 4) is 16.9 Å². The van der Waals surface area contributed by atoms with Crippen molar-refractivity contribution in [2.75, 3.05) is 0 Å². The molecule has 3 heterocycles. The third-order valence-electron chi connectivity index (χ3n) is 5.41. The molecule has 5 aromatic rings. The third-order valence-corrected chi connectivity index (χ3v) is 5.41.